The predicted molar refractivity (Wildman–Crippen MR) is 95.3 cm³/mol. The molecule has 2 aliphatic rings. The average Bonchev–Trinajstić information content (AvgIpc) is 3.27. The molecular weight excluding hydrogens is 317 g/mol. The van der Waals surface area contributed by atoms with Crippen LogP contribution in [0.15, 0.2) is 24.3 Å². The molecule has 0 spiro atoms. The third-order valence-electron chi connectivity index (χ3n) is 5.68. The lowest BCUT2D eigenvalue weighted by Gasteiger charge is -2.28. The molecule has 0 bridgehead atoms. The lowest BCUT2D eigenvalue weighted by Crippen LogP contribution is -2.39. The van der Waals surface area contributed by atoms with Crippen molar-refractivity contribution in [2.24, 2.45) is 0 Å². The summed E-state index contributed by atoms with van der Waals surface area (Å²) < 4.78 is 19.3. The first kappa shape index (κ1) is 16.7. The van der Waals surface area contributed by atoms with Crippen molar-refractivity contribution in [1.82, 2.24) is 15.5 Å². The van der Waals surface area contributed by atoms with Crippen LogP contribution in [0.3, 0.4) is 0 Å². The molecule has 134 valence electrons. The fourth-order valence-corrected chi connectivity index (χ4v) is 4.19. The fraction of sp³-hybridized carbons (Fsp3) is 0.550. The first-order valence-electron chi connectivity index (χ1n) is 9.36. The van der Waals surface area contributed by atoms with E-state index in [1.54, 1.807) is 12.1 Å². The summed E-state index contributed by atoms with van der Waals surface area (Å²) in [7, 11) is 0. The van der Waals surface area contributed by atoms with Crippen LogP contribution in [0, 0.1) is 5.82 Å². The van der Waals surface area contributed by atoms with Gasteiger partial charge in [-0.05, 0) is 55.4 Å². The second-order valence-corrected chi connectivity index (χ2v) is 7.35. The minimum Gasteiger partial charge on any atom is -0.380 e. The highest BCUT2D eigenvalue weighted by atomic mass is 19.1. The molecule has 0 saturated carbocycles. The molecular formula is C20H26FN3O. The van der Waals surface area contributed by atoms with Gasteiger partial charge in [-0.1, -0.05) is 12.1 Å². The number of hydrogen-bond donors (Lipinski definition) is 2. The Morgan fingerprint density at radius 3 is 3.04 bits per heavy atom. The van der Waals surface area contributed by atoms with Gasteiger partial charge in [0.1, 0.15) is 5.82 Å². The van der Waals surface area contributed by atoms with Crippen molar-refractivity contribution in [1.29, 1.82) is 0 Å². The zero-order valence-corrected chi connectivity index (χ0v) is 14.6. The third-order valence-corrected chi connectivity index (χ3v) is 5.68. The van der Waals surface area contributed by atoms with E-state index in [9.17, 15) is 4.39 Å². The summed E-state index contributed by atoms with van der Waals surface area (Å²) in [4.78, 5) is 0. The maximum atomic E-state index is 13.7. The highest BCUT2D eigenvalue weighted by Gasteiger charge is 2.36. The van der Waals surface area contributed by atoms with Crippen LogP contribution in [0.5, 0.6) is 0 Å². The molecule has 1 unspecified atom stereocenters. The van der Waals surface area contributed by atoms with Gasteiger partial charge in [0.05, 0.1) is 12.3 Å². The zero-order chi connectivity index (χ0) is 17.1. The highest BCUT2D eigenvalue weighted by molar-refractivity contribution is 5.29. The highest BCUT2D eigenvalue weighted by Crippen LogP contribution is 2.33. The van der Waals surface area contributed by atoms with Gasteiger partial charge >= 0.3 is 0 Å². The molecule has 1 aliphatic heterocycles. The van der Waals surface area contributed by atoms with E-state index in [1.165, 1.54) is 35.9 Å². The van der Waals surface area contributed by atoms with E-state index in [2.05, 4.69) is 15.5 Å². The Morgan fingerprint density at radius 1 is 1.28 bits per heavy atom. The van der Waals surface area contributed by atoms with Crippen LogP contribution in [0.1, 0.15) is 41.8 Å². The van der Waals surface area contributed by atoms with E-state index in [-0.39, 0.29) is 11.2 Å². The quantitative estimate of drug-likeness (QED) is 0.793. The van der Waals surface area contributed by atoms with Gasteiger partial charge in [-0.2, -0.15) is 5.10 Å². The van der Waals surface area contributed by atoms with Crippen molar-refractivity contribution in [2.75, 3.05) is 26.3 Å². The maximum absolute atomic E-state index is 13.7. The van der Waals surface area contributed by atoms with Gasteiger partial charge < -0.3 is 10.1 Å². The smallest absolute Gasteiger partial charge is 0.123 e. The SMILES string of the molecule is Fc1cccc(C2(CNCCc3n[nH]c4c3CCCC4)CCOC2)c1. The Hall–Kier alpha value is -1.72. The van der Waals surface area contributed by atoms with Crippen molar-refractivity contribution in [3.8, 4) is 0 Å². The minimum absolute atomic E-state index is 0.118. The molecule has 0 radical (unpaired) electrons. The van der Waals surface area contributed by atoms with Crippen molar-refractivity contribution < 1.29 is 9.13 Å². The normalized spacial score (nSPS) is 22.9. The van der Waals surface area contributed by atoms with Gasteiger partial charge in [-0.25, -0.2) is 4.39 Å². The summed E-state index contributed by atoms with van der Waals surface area (Å²) in [5, 5.41) is 11.3. The van der Waals surface area contributed by atoms with Crippen LogP contribution in [0.25, 0.3) is 0 Å². The summed E-state index contributed by atoms with van der Waals surface area (Å²) in [6, 6.07) is 6.96. The summed E-state index contributed by atoms with van der Waals surface area (Å²) in [6.07, 6.45) is 6.70. The topological polar surface area (TPSA) is 49.9 Å². The minimum atomic E-state index is -0.174. The number of ether oxygens (including phenoxy) is 1. The molecule has 0 amide bonds. The number of aryl methyl sites for hydroxylation is 1. The number of aromatic nitrogens is 2. The first-order chi connectivity index (χ1) is 12.3. The number of nitrogens with one attached hydrogen (secondary N) is 2. The molecule has 1 aromatic heterocycles. The maximum Gasteiger partial charge on any atom is 0.123 e. The van der Waals surface area contributed by atoms with Crippen molar-refractivity contribution >= 4 is 0 Å². The van der Waals surface area contributed by atoms with E-state index in [0.717, 1.165) is 50.9 Å². The lowest BCUT2D eigenvalue weighted by molar-refractivity contribution is 0.176. The number of aromatic amines is 1. The van der Waals surface area contributed by atoms with Gasteiger partial charge in [-0.15, -0.1) is 0 Å². The summed E-state index contributed by atoms with van der Waals surface area (Å²) >= 11 is 0. The monoisotopic (exact) mass is 343 g/mol. The molecule has 1 atom stereocenters. The molecule has 1 fully saturated rings. The molecule has 2 heterocycles. The van der Waals surface area contributed by atoms with Gasteiger partial charge in [-0.3, -0.25) is 5.10 Å². The van der Waals surface area contributed by atoms with Gasteiger partial charge in [0.15, 0.2) is 0 Å². The summed E-state index contributed by atoms with van der Waals surface area (Å²) in [6.45, 7) is 3.09. The number of rotatable bonds is 6. The second kappa shape index (κ2) is 7.26. The predicted octanol–water partition coefficient (Wildman–Crippen LogP) is 2.92. The van der Waals surface area contributed by atoms with Crippen LogP contribution < -0.4 is 5.32 Å². The number of nitrogens with zero attached hydrogens (tertiary/aromatic N) is 1. The second-order valence-electron chi connectivity index (χ2n) is 7.35. The fourth-order valence-electron chi connectivity index (χ4n) is 4.19. The van der Waals surface area contributed by atoms with Crippen molar-refractivity contribution in [3.05, 3.63) is 52.6 Å². The van der Waals surface area contributed by atoms with E-state index in [4.69, 9.17) is 4.74 Å². The van der Waals surface area contributed by atoms with Crippen LogP contribution in [-0.2, 0) is 29.4 Å². The lowest BCUT2D eigenvalue weighted by atomic mass is 9.79. The molecule has 1 aromatic carbocycles. The number of H-pyrrole nitrogens is 1. The van der Waals surface area contributed by atoms with E-state index in [1.807, 2.05) is 6.07 Å². The summed E-state index contributed by atoms with van der Waals surface area (Å²) in [5.41, 5.74) is 4.91. The Bertz CT molecular complexity index is 721. The Balaban J connectivity index is 1.37. The molecule has 4 nitrogen and oxygen atoms in total. The number of benzene rings is 1. The van der Waals surface area contributed by atoms with Crippen LogP contribution in [0.2, 0.25) is 0 Å². The molecule has 1 aliphatic carbocycles. The van der Waals surface area contributed by atoms with Crippen LogP contribution >= 0.6 is 0 Å². The third kappa shape index (κ3) is 3.48. The molecule has 5 heteroatoms. The van der Waals surface area contributed by atoms with E-state index >= 15 is 0 Å². The Kier molecular flexibility index (Phi) is 4.86. The Morgan fingerprint density at radius 2 is 2.20 bits per heavy atom. The molecule has 25 heavy (non-hydrogen) atoms. The first-order valence-corrected chi connectivity index (χ1v) is 9.36. The van der Waals surface area contributed by atoms with Crippen molar-refractivity contribution in [2.45, 2.75) is 43.9 Å². The van der Waals surface area contributed by atoms with Gasteiger partial charge in [0.25, 0.3) is 0 Å². The number of hydrogen-bond acceptors (Lipinski definition) is 3. The van der Waals surface area contributed by atoms with Gasteiger partial charge in [0.2, 0.25) is 0 Å². The standard InChI is InChI=1S/C20H26FN3O/c21-16-5-3-4-15(12-16)20(9-11-25-14-20)13-22-10-8-19-17-6-1-2-7-18(17)23-24-19/h3-5,12,22H,1-2,6-11,13-14H2,(H,23,24). The average molecular weight is 343 g/mol. The van der Waals surface area contributed by atoms with Crippen molar-refractivity contribution in [3.63, 3.8) is 0 Å². The zero-order valence-electron chi connectivity index (χ0n) is 14.6. The number of halogens is 1. The van der Waals surface area contributed by atoms with Gasteiger partial charge in [0, 0.05) is 37.2 Å². The largest absolute Gasteiger partial charge is 0.380 e. The van der Waals surface area contributed by atoms with E-state index < -0.39 is 0 Å². The molecule has 2 aromatic rings. The van der Waals surface area contributed by atoms with E-state index in [0.29, 0.717) is 6.61 Å². The molecule has 1 saturated heterocycles. The Labute approximate surface area is 148 Å². The molecule has 4 rings (SSSR count). The molecule has 2 N–H and O–H groups in total. The number of fused-ring (bicyclic) bond motifs is 1. The summed E-state index contributed by atoms with van der Waals surface area (Å²) in [5.74, 6) is -0.174. The van der Waals surface area contributed by atoms with Crippen LogP contribution in [0.4, 0.5) is 4.39 Å². The van der Waals surface area contributed by atoms with Crippen LogP contribution in [-0.4, -0.2) is 36.5 Å².